The lowest BCUT2D eigenvalue weighted by Crippen LogP contribution is -2.42. The van der Waals surface area contributed by atoms with Crippen LogP contribution in [0.5, 0.6) is 0 Å². The molecule has 3 N–H and O–H groups in total. The molecule has 0 amide bonds. The summed E-state index contributed by atoms with van der Waals surface area (Å²) in [7, 11) is 0. The average molecular weight is 187 g/mol. The highest BCUT2D eigenvalue weighted by atomic mass is 16.3. The van der Waals surface area contributed by atoms with E-state index in [0.717, 1.165) is 12.8 Å². The minimum absolute atomic E-state index is 0.0575. The highest BCUT2D eigenvalue weighted by Gasteiger charge is 2.51. The molecular formula is C9H17NO3. The fourth-order valence-electron chi connectivity index (χ4n) is 2.79. The van der Waals surface area contributed by atoms with Crippen molar-refractivity contribution in [2.24, 2.45) is 0 Å². The third kappa shape index (κ3) is 1.21. The molecule has 0 radical (unpaired) electrons. The molecule has 0 aromatic carbocycles. The number of aliphatic hydroxyl groups excluding tert-OH is 3. The average Bonchev–Trinajstić information content (AvgIpc) is 2.58. The van der Waals surface area contributed by atoms with Gasteiger partial charge in [-0.05, 0) is 19.8 Å². The summed E-state index contributed by atoms with van der Waals surface area (Å²) >= 11 is 0. The predicted molar refractivity (Wildman–Crippen MR) is 47.2 cm³/mol. The number of hydrogen-bond donors (Lipinski definition) is 3. The van der Waals surface area contributed by atoms with Gasteiger partial charge in [-0.25, -0.2) is 0 Å². The standard InChI is InChI=1S/C9H17NO3/c1-5-2-3-6-8(12)9(13)7(4-11)10(5)6/h5-9,11-13H,2-4H2,1H3/t5-,6-,7+,8+,9-/m1/s1. The van der Waals surface area contributed by atoms with Crippen LogP contribution in [0.1, 0.15) is 19.8 Å². The van der Waals surface area contributed by atoms with Gasteiger partial charge in [-0.2, -0.15) is 0 Å². The van der Waals surface area contributed by atoms with Gasteiger partial charge in [-0.1, -0.05) is 0 Å². The number of nitrogens with zero attached hydrogens (tertiary/aromatic N) is 1. The number of hydrogen-bond acceptors (Lipinski definition) is 4. The molecule has 4 nitrogen and oxygen atoms in total. The van der Waals surface area contributed by atoms with Crippen LogP contribution < -0.4 is 0 Å². The molecule has 4 heteroatoms. The Morgan fingerprint density at radius 2 is 1.92 bits per heavy atom. The van der Waals surface area contributed by atoms with E-state index in [1.165, 1.54) is 0 Å². The number of fused-ring (bicyclic) bond motifs is 1. The van der Waals surface area contributed by atoms with E-state index in [-0.39, 0.29) is 18.7 Å². The summed E-state index contributed by atoms with van der Waals surface area (Å²) in [5.41, 5.74) is 0. The Morgan fingerprint density at radius 1 is 1.23 bits per heavy atom. The lowest BCUT2D eigenvalue weighted by atomic mass is 10.0. The lowest BCUT2D eigenvalue weighted by molar-refractivity contribution is 0.0132. The van der Waals surface area contributed by atoms with E-state index in [1.807, 2.05) is 0 Å². The van der Waals surface area contributed by atoms with E-state index in [9.17, 15) is 10.2 Å². The molecule has 2 fully saturated rings. The van der Waals surface area contributed by atoms with Gasteiger partial charge in [0.1, 0.15) is 0 Å². The van der Waals surface area contributed by atoms with Crippen molar-refractivity contribution in [3.63, 3.8) is 0 Å². The van der Waals surface area contributed by atoms with Crippen LogP contribution in [0.2, 0.25) is 0 Å². The molecular weight excluding hydrogens is 170 g/mol. The first-order chi connectivity index (χ1) is 6.16. The van der Waals surface area contributed by atoms with Gasteiger partial charge in [0.05, 0.1) is 24.9 Å². The normalized spacial score (nSPS) is 51.2. The van der Waals surface area contributed by atoms with Crippen molar-refractivity contribution in [2.75, 3.05) is 6.61 Å². The molecule has 2 aliphatic heterocycles. The van der Waals surface area contributed by atoms with E-state index >= 15 is 0 Å². The van der Waals surface area contributed by atoms with Gasteiger partial charge >= 0.3 is 0 Å². The van der Waals surface area contributed by atoms with Crippen LogP contribution in [0.25, 0.3) is 0 Å². The molecule has 0 aliphatic carbocycles. The van der Waals surface area contributed by atoms with Crippen LogP contribution in [0.15, 0.2) is 0 Å². The SMILES string of the molecule is C[C@@H]1CC[C@@H]2[C@H](O)[C@H](O)[C@H](CO)N12. The fourth-order valence-corrected chi connectivity index (χ4v) is 2.79. The molecule has 2 rings (SSSR count). The Balaban J connectivity index is 2.20. The Bertz CT molecular complexity index is 197. The van der Waals surface area contributed by atoms with Crippen molar-refractivity contribution in [1.29, 1.82) is 0 Å². The molecule has 0 saturated carbocycles. The maximum Gasteiger partial charge on any atom is 0.0991 e. The van der Waals surface area contributed by atoms with E-state index in [2.05, 4.69) is 11.8 Å². The molecule has 2 saturated heterocycles. The zero-order valence-corrected chi connectivity index (χ0v) is 7.80. The third-order valence-corrected chi connectivity index (χ3v) is 3.48. The minimum Gasteiger partial charge on any atom is -0.395 e. The van der Waals surface area contributed by atoms with Gasteiger partial charge in [-0.15, -0.1) is 0 Å². The van der Waals surface area contributed by atoms with E-state index in [1.54, 1.807) is 0 Å². The Kier molecular flexibility index (Phi) is 2.32. The van der Waals surface area contributed by atoms with Crippen molar-refractivity contribution in [3.8, 4) is 0 Å². The second-order valence-corrected chi connectivity index (χ2v) is 4.17. The molecule has 0 unspecified atom stereocenters. The summed E-state index contributed by atoms with van der Waals surface area (Å²) in [5, 5.41) is 28.4. The molecule has 13 heavy (non-hydrogen) atoms. The van der Waals surface area contributed by atoms with Crippen molar-refractivity contribution < 1.29 is 15.3 Å². The van der Waals surface area contributed by atoms with Crippen molar-refractivity contribution in [3.05, 3.63) is 0 Å². The largest absolute Gasteiger partial charge is 0.395 e. The van der Waals surface area contributed by atoms with E-state index < -0.39 is 12.2 Å². The molecule has 0 aromatic rings. The second-order valence-electron chi connectivity index (χ2n) is 4.17. The van der Waals surface area contributed by atoms with Crippen LogP contribution in [0, 0.1) is 0 Å². The second kappa shape index (κ2) is 3.20. The molecule has 76 valence electrons. The summed E-state index contributed by atoms with van der Waals surface area (Å²) in [6.07, 6.45) is 0.515. The first-order valence-corrected chi connectivity index (χ1v) is 4.91. The highest BCUT2D eigenvalue weighted by Crippen LogP contribution is 2.36. The predicted octanol–water partition coefficient (Wildman–Crippen LogP) is -1.06. The summed E-state index contributed by atoms with van der Waals surface area (Å²) < 4.78 is 0. The number of aliphatic hydroxyl groups is 3. The highest BCUT2D eigenvalue weighted by molar-refractivity contribution is 5.05. The van der Waals surface area contributed by atoms with Gasteiger partial charge in [-0.3, -0.25) is 4.90 Å². The molecule has 0 bridgehead atoms. The van der Waals surface area contributed by atoms with E-state index in [4.69, 9.17) is 5.11 Å². The topological polar surface area (TPSA) is 63.9 Å². The number of rotatable bonds is 1. The van der Waals surface area contributed by atoms with Crippen LogP contribution in [-0.2, 0) is 0 Å². The monoisotopic (exact) mass is 187 g/mol. The molecule has 2 aliphatic rings. The Hall–Kier alpha value is -0.160. The smallest absolute Gasteiger partial charge is 0.0991 e. The van der Waals surface area contributed by atoms with E-state index in [0.29, 0.717) is 6.04 Å². The molecule has 5 atom stereocenters. The van der Waals surface area contributed by atoms with Gasteiger partial charge in [0, 0.05) is 12.1 Å². The van der Waals surface area contributed by atoms with Gasteiger partial charge in [0.25, 0.3) is 0 Å². The van der Waals surface area contributed by atoms with Crippen molar-refractivity contribution >= 4 is 0 Å². The van der Waals surface area contributed by atoms with Gasteiger partial charge < -0.3 is 15.3 Å². The molecule has 0 spiro atoms. The van der Waals surface area contributed by atoms with Crippen LogP contribution in [0.3, 0.4) is 0 Å². The minimum atomic E-state index is -0.780. The van der Waals surface area contributed by atoms with Crippen molar-refractivity contribution in [1.82, 2.24) is 4.90 Å². The zero-order valence-electron chi connectivity index (χ0n) is 7.80. The maximum absolute atomic E-state index is 9.68. The van der Waals surface area contributed by atoms with Gasteiger partial charge in [0.15, 0.2) is 0 Å². The quantitative estimate of drug-likeness (QED) is 0.489. The molecule has 0 aromatic heterocycles. The zero-order chi connectivity index (χ0) is 9.59. The van der Waals surface area contributed by atoms with Crippen LogP contribution >= 0.6 is 0 Å². The Morgan fingerprint density at radius 3 is 2.54 bits per heavy atom. The van der Waals surface area contributed by atoms with Crippen molar-refractivity contribution in [2.45, 2.75) is 50.1 Å². The summed E-state index contributed by atoms with van der Waals surface area (Å²) in [6, 6.07) is 0.161. The van der Waals surface area contributed by atoms with Gasteiger partial charge in [0.2, 0.25) is 0 Å². The summed E-state index contributed by atoms with van der Waals surface area (Å²) in [6.45, 7) is 2.01. The first-order valence-electron chi connectivity index (χ1n) is 4.91. The van der Waals surface area contributed by atoms with Crippen LogP contribution in [-0.4, -0.2) is 57.2 Å². The maximum atomic E-state index is 9.68. The lowest BCUT2D eigenvalue weighted by Gasteiger charge is -2.27. The summed E-state index contributed by atoms with van der Waals surface area (Å²) in [4.78, 5) is 2.06. The Labute approximate surface area is 77.8 Å². The molecule has 2 heterocycles. The third-order valence-electron chi connectivity index (χ3n) is 3.48. The van der Waals surface area contributed by atoms with Crippen LogP contribution in [0.4, 0.5) is 0 Å². The summed E-state index contributed by atoms with van der Waals surface area (Å²) in [5.74, 6) is 0. The first kappa shape index (κ1) is 9.40. The fraction of sp³-hybridized carbons (Fsp3) is 1.00.